The Morgan fingerprint density at radius 1 is 0.821 bits per heavy atom. The van der Waals surface area contributed by atoms with Gasteiger partial charge in [-0.25, -0.2) is 4.79 Å². The second kappa shape index (κ2) is 11.8. The molecule has 8 heteroatoms. The monoisotopic (exact) mass is 402 g/mol. The summed E-state index contributed by atoms with van der Waals surface area (Å²) in [4.78, 5) is 49.3. The van der Waals surface area contributed by atoms with E-state index in [1.54, 1.807) is 0 Å². The van der Waals surface area contributed by atoms with Crippen LogP contribution in [0.5, 0.6) is 0 Å². The molecule has 0 amide bonds. The molecule has 8 nitrogen and oxygen atoms in total. The molecule has 0 bridgehead atoms. The topological polar surface area (TPSA) is 138 Å². The Labute approximate surface area is 166 Å². The van der Waals surface area contributed by atoms with Crippen molar-refractivity contribution >= 4 is 23.7 Å². The van der Waals surface area contributed by atoms with Gasteiger partial charge in [0.2, 0.25) is 5.60 Å². The minimum Gasteiger partial charge on any atom is -0.481 e. The van der Waals surface area contributed by atoms with E-state index < -0.39 is 40.6 Å². The molecule has 28 heavy (non-hydrogen) atoms. The van der Waals surface area contributed by atoms with Crippen LogP contribution in [0.3, 0.4) is 0 Å². The van der Waals surface area contributed by atoms with E-state index in [2.05, 4.69) is 0 Å². The quantitative estimate of drug-likeness (QED) is 0.264. The van der Waals surface area contributed by atoms with Crippen LogP contribution in [-0.4, -0.2) is 51.2 Å². The molecule has 0 saturated carbocycles. The summed E-state index contributed by atoms with van der Waals surface area (Å²) >= 11 is 0. The molecule has 0 spiro atoms. The van der Waals surface area contributed by atoms with Crippen LogP contribution >= 0.6 is 0 Å². The lowest BCUT2D eigenvalue weighted by molar-refractivity contribution is -0.219. The zero-order chi connectivity index (χ0) is 22.0. The molecule has 0 saturated heterocycles. The van der Waals surface area contributed by atoms with E-state index in [0.717, 1.165) is 6.92 Å². The first-order valence-electron chi connectivity index (χ1n) is 9.92. The summed E-state index contributed by atoms with van der Waals surface area (Å²) in [5, 5.41) is 30.1. The number of Topliss-reactive ketones (excluding diaryl/α,β-unsaturated/α-hetero) is 1. The van der Waals surface area contributed by atoms with Crippen LogP contribution < -0.4 is 0 Å². The van der Waals surface area contributed by atoms with Crippen LogP contribution in [-0.2, 0) is 23.9 Å². The molecule has 0 aliphatic carbocycles. The smallest absolute Gasteiger partial charge is 0.338 e. The van der Waals surface area contributed by atoms with Gasteiger partial charge in [0.05, 0.1) is 0 Å². The molecule has 2 atom stereocenters. The van der Waals surface area contributed by atoms with Crippen LogP contribution in [0.2, 0.25) is 0 Å². The van der Waals surface area contributed by atoms with Crippen molar-refractivity contribution in [2.24, 2.45) is 11.3 Å². The summed E-state index contributed by atoms with van der Waals surface area (Å²) in [6, 6.07) is 0. The van der Waals surface area contributed by atoms with Crippen molar-refractivity contribution in [3.05, 3.63) is 0 Å². The number of carbonyl (C=O) groups excluding carboxylic acids is 1. The van der Waals surface area contributed by atoms with Gasteiger partial charge in [-0.1, -0.05) is 52.9 Å². The van der Waals surface area contributed by atoms with Gasteiger partial charge in [-0.05, 0) is 26.2 Å². The SMILES string of the molecule is CCCCOC(C(=O)O)(C(C(C)=O)C(=O)O)C(CCCC)(CCCC)C(=O)O. The zero-order valence-corrected chi connectivity index (χ0v) is 17.3. The molecule has 0 aromatic rings. The predicted molar refractivity (Wildman–Crippen MR) is 102 cm³/mol. The number of carbonyl (C=O) groups is 4. The fourth-order valence-corrected chi connectivity index (χ4v) is 3.73. The first kappa shape index (κ1) is 26.0. The number of ketones is 1. The minimum atomic E-state index is -2.68. The zero-order valence-electron chi connectivity index (χ0n) is 17.3. The third-order valence-corrected chi connectivity index (χ3v) is 5.24. The Hall–Kier alpha value is -1.96. The van der Waals surface area contributed by atoms with E-state index in [1.807, 2.05) is 20.8 Å². The Balaban J connectivity index is 6.94. The van der Waals surface area contributed by atoms with Gasteiger partial charge in [-0.3, -0.25) is 14.4 Å². The number of carboxylic acids is 3. The number of carboxylic acid groups (broad SMARTS) is 3. The molecular formula is C20H34O8. The molecule has 162 valence electrons. The number of ether oxygens (including phenoxy) is 1. The van der Waals surface area contributed by atoms with Crippen molar-refractivity contribution < 1.29 is 39.2 Å². The molecule has 0 rings (SSSR count). The largest absolute Gasteiger partial charge is 0.481 e. The normalized spacial score (nSPS) is 14.9. The Bertz CT molecular complexity index is 534. The lowest BCUT2D eigenvalue weighted by atomic mass is 9.59. The summed E-state index contributed by atoms with van der Waals surface area (Å²) < 4.78 is 5.66. The number of hydrogen-bond donors (Lipinski definition) is 3. The lowest BCUT2D eigenvalue weighted by Gasteiger charge is -2.47. The molecule has 2 unspecified atom stereocenters. The Kier molecular flexibility index (Phi) is 11.0. The Morgan fingerprint density at radius 3 is 1.57 bits per heavy atom. The van der Waals surface area contributed by atoms with Crippen molar-refractivity contribution in [1.82, 2.24) is 0 Å². The number of aliphatic carboxylic acids is 3. The van der Waals surface area contributed by atoms with Crippen molar-refractivity contribution in [1.29, 1.82) is 0 Å². The lowest BCUT2D eigenvalue weighted by Crippen LogP contribution is -2.67. The van der Waals surface area contributed by atoms with Crippen molar-refractivity contribution in [3.8, 4) is 0 Å². The fourth-order valence-electron chi connectivity index (χ4n) is 3.73. The maximum absolute atomic E-state index is 12.5. The molecule has 0 aliphatic heterocycles. The van der Waals surface area contributed by atoms with E-state index in [-0.39, 0.29) is 19.4 Å². The summed E-state index contributed by atoms with van der Waals surface area (Å²) in [5.74, 6) is -7.91. The van der Waals surface area contributed by atoms with Gasteiger partial charge < -0.3 is 20.1 Å². The summed E-state index contributed by atoms with van der Waals surface area (Å²) in [6.07, 6.45) is 2.78. The summed E-state index contributed by atoms with van der Waals surface area (Å²) in [7, 11) is 0. The van der Waals surface area contributed by atoms with Crippen LogP contribution in [0.4, 0.5) is 0 Å². The van der Waals surface area contributed by atoms with Gasteiger partial charge in [0.15, 0.2) is 5.92 Å². The minimum absolute atomic E-state index is 0.0890. The third-order valence-electron chi connectivity index (χ3n) is 5.24. The van der Waals surface area contributed by atoms with E-state index in [9.17, 15) is 34.5 Å². The number of rotatable bonds is 16. The molecule has 0 radical (unpaired) electrons. The second-order valence-electron chi connectivity index (χ2n) is 7.22. The number of hydrogen-bond acceptors (Lipinski definition) is 5. The van der Waals surface area contributed by atoms with E-state index in [1.165, 1.54) is 0 Å². The maximum atomic E-state index is 12.5. The van der Waals surface area contributed by atoms with E-state index in [4.69, 9.17) is 4.74 Å². The number of unbranched alkanes of at least 4 members (excludes halogenated alkanes) is 3. The first-order valence-corrected chi connectivity index (χ1v) is 9.92. The average molecular weight is 402 g/mol. The molecule has 0 fully saturated rings. The average Bonchev–Trinajstić information content (AvgIpc) is 2.60. The molecule has 3 N–H and O–H groups in total. The van der Waals surface area contributed by atoms with Gasteiger partial charge in [0.1, 0.15) is 11.2 Å². The maximum Gasteiger partial charge on any atom is 0.338 e. The highest BCUT2D eigenvalue weighted by molar-refractivity contribution is 6.06. The van der Waals surface area contributed by atoms with Crippen molar-refractivity contribution in [2.75, 3.05) is 6.61 Å². The highest BCUT2D eigenvalue weighted by atomic mass is 16.5. The highest BCUT2D eigenvalue weighted by Gasteiger charge is 2.68. The van der Waals surface area contributed by atoms with Crippen LogP contribution in [0.1, 0.15) is 79.1 Å². The van der Waals surface area contributed by atoms with Crippen molar-refractivity contribution in [3.63, 3.8) is 0 Å². The standard InChI is InChI=1S/C20H34O8/c1-5-8-11-19(17(24)25,12-9-6-2)20(18(26)27,28-13-10-7-3)15(14(4)21)16(22)23/h15H,5-13H2,1-4H3,(H,22,23)(H,24,25)(H,26,27). The highest BCUT2D eigenvalue weighted by Crippen LogP contribution is 2.49. The molecular weight excluding hydrogens is 368 g/mol. The van der Waals surface area contributed by atoms with Gasteiger partial charge >= 0.3 is 17.9 Å². The van der Waals surface area contributed by atoms with Crippen LogP contribution in [0, 0.1) is 11.3 Å². The predicted octanol–water partition coefficient (Wildman–Crippen LogP) is 3.37. The molecule has 0 aromatic carbocycles. The molecule has 0 heterocycles. The van der Waals surface area contributed by atoms with Crippen molar-refractivity contribution in [2.45, 2.75) is 84.7 Å². The van der Waals surface area contributed by atoms with E-state index >= 15 is 0 Å². The summed E-state index contributed by atoms with van der Waals surface area (Å²) in [6.45, 7) is 6.31. The van der Waals surface area contributed by atoms with Crippen LogP contribution in [0.25, 0.3) is 0 Å². The van der Waals surface area contributed by atoms with E-state index in [0.29, 0.717) is 38.5 Å². The van der Waals surface area contributed by atoms with Gasteiger partial charge in [-0.2, -0.15) is 0 Å². The third kappa shape index (κ3) is 5.31. The molecule has 0 aliphatic rings. The van der Waals surface area contributed by atoms with Gasteiger partial charge in [0, 0.05) is 6.61 Å². The molecule has 0 aromatic heterocycles. The van der Waals surface area contributed by atoms with Gasteiger partial charge in [-0.15, -0.1) is 0 Å². The summed E-state index contributed by atoms with van der Waals surface area (Å²) in [5.41, 5.74) is -4.72. The Morgan fingerprint density at radius 2 is 1.29 bits per heavy atom. The van der Waals surface area contributed by atoms with Crippen LogP contribution in [0.15, 0.2) is 0 Å². The first-order chi connectivity index (χ1) is 13.1. The fraction of sp³-hybridized carbons (Fsp3) is 0.800. The van der Waals surface area contributed by atoms with Gasteiger partial charge in [0.25, 0.3) is 0 Å². The second-order valence-corrected chi connectivity index (χ2v) is 7.22.